The third-order valence-corrected chi connectivity index (χ3v) is 1.03. The quantitative estimate of drug-likeness (QED) is 0.498. The van der Waals surface area contributed by atoms with E-state index in [1.807, 2.05) is 0 Å². The topological polar surface area (TPSA) is 33.1 Å². The standard InChI is InChI=1S/C5H5BFNO/c7-5-3-8-2-1-4(5)6-9/h1-3,6,9H. The lowest BCUT2D eigenvalue weighted by Gasteiger charge is -1.91. The van der Waals surface area contributed by atoms with Gasteiger partial charge in [-0.05, 0) is 11.5 Å². The van der Waals surface area contributed by atoms with Crippen LogP contribution in [-0.4, -0.2) is 17.5 Å². The minimum absolute atomic E-state index is 0.269. The number of halogens is 1. The molecule has 4 heteroatoms. The number of hydrogen-bond acceptors (Lipinski definition) is 2. The smallest absolute Gasteiger partial charge is 0.307 e. The van der Waals surface area contributed by atoms with Crippen molar-refractivity contribution < 1.29 is 9.41 Å². The van der Waals surface area contributed by atoms with Crippen molar-refractivity contribution in [2.45, 2.75) is 0 Å². The van der Waals surface area contributed by atoms with Gasteiger partial charge in [-0.2, -0.15) is 0 Å². The van der Waals surface area contributed by atoms with Gasteiger partial charge in [0.1, 0.15) is 5.82 Å². The maximum absolute atomic E-state index is 12.4. The zero-order valence-corrected chi connectivity index (χ0v) is 4.71. The molecule has 2 nitrogen and oxygen atoms in total. The van der Waals surface area contributed by atoms with Crippen LogP contribution in [-0.2, 0) is 0 Å². The molecule has 0 aliphatic heterocycles. The summed E-state index contributed by atoms with van der Waals surface area (Å²) in [5, 5.41) is 8.45. The van der Waals surface area contributed by atoms with E-state index in [4.69, 9.17) is 5.02 Å². The SMILES string of the molecule is OBc1ccncc1F. The summed E-state index contributed by atoms with van der Waals surface area (Å²) in [7, 11) is -0.269. The Balaban J connectivity index is 3.01. The van der Waals surface area contributed by atoms with Crippen LogP contribution in [0, 0.1) is 5.82 Å². The van der Waals surface area contributed by atoms with Gasteiger partial charge >= 0.3 is 7.48 Å². The van der Waals surface area contributed by atoms with Crippen LogP contribution in [0.3, 0.4) is 0 Å². The highest BCUT2D eigenvalue weighted by molar-refractivity contribution is 6.45. The first-order valence-corrected chi connectivity index (χ1v) is 2.54. The second-order valence-corrected chi connectivity index (χ2v) is 1.63. The molecule has 1 aromatic heterocycles. The molecule has 0 unspecified atom stereocenters. The highest BCUT2D eigenvalue weighted by Gasteiger charge is 1.98. The van der Waals surface area contributed by atoms with Crippen molar-refractivity contribution in [2.24, 2.45) is 0 Å². The summed E-state index contributed by atoms with van der Waals surface area (Å²) in [6, 6.07) is 1.44. The molecule has 0 radical (unpaired) electrons. The summed E-state index contributed by atoms with van der Waals surface area (Å²) < 4.78 is 12.4. The Morgan fingerprint density at radius 2 is 2.44 bits per heavy atom. The predicted octanol–water partition coefficient (Wildman–Crippen LogP) is -0.810. The molecule has 0 fully saturated rings. The second-order valence-electron chi connectivity index (χ2n) is 1.63. The van der Waals surface area contributed by atoms with Gasteiger partial charge in [0.15, 0.2) is 0 Å². The van der Waals surface area contributed by atoms with Crippen LogP contribution in [0.2, 0.25) is 0 Å². The van der Waals surface area contributed by atoms with E-state index in [1.165, 1.54) is 12.3 Å². The summed E-state index contributed by atoms with van der Waals surface area (Å²) in [5.74, 6) is -0.458. The van der Waals surface area contributed by atoms with Crippen LogP contribution in [0.5, 0.6) is 0 Å². The lowest BCUT2D eigenvalue weighted by molar-refractivity contribution is 0.600. The first-order valence-electron chi connectivity index (χ1n) is 2.54. The van der Waals surface area contributed by atoms with Gasteiger partial charge in [-0.25, -0.2) is 4.39 Å². The molecule has 1 N–H and O–H groups in total. The van der Waals surface area contributed by atoms with Crippen molar-refractivity contribution in [3.8, 4) is 0 Å². The largest absolute Gasteiger partial charge is 0.449 e. The molecule has 46 valence electrons. The second kappa shape index (κ2) is 2.59. The van der Waals surface area contributed by atoms with E-state index < -0.39 is 5.82 Å². The monoisotopic (exact) mass is 125 g/mol. The summed E-state index contributed by atoms with van der Waals surface area (Å²) in [6.07, 6.45) is 2.51. The van der Waals surface area contributed by atoms with Crippen molar-refractivity contribution >= 4 is 12.9 Å². The Labute approximate surface area is 52.6 Å². The molecule has 1 rings (SSSR count). The van der Waals surface area contributed by atoms with Crippen LogP contribution < -0.4 is 5.46 Å². The van der Waals surface area contributed by atoms with Gasteiger partial charge in [0, 0.05) is 6.20 Å². The third-order valence-electron chi connectivity index (χ3n) is 1.03. The third kappa shape index (κ3) is 1.26. The maximum atomic E-state index is 12.4. The first-order chi connectivity index (χ1) is 4.34. The molecule has 0 aromatic carbocycles. The summed E-state index contributed by atoms with van der Waals surface area (Å²) in [4.78, 5) is 3.51. The van der Waals surface area contributed by atoms with E-state index in [9.17, 15) is 4.39 Å². The molecular formula is C5H5BFNO. The van der Waals surface area contributed by atoms with Crippen LogP contribution in [0.1, 0.15) is 0 Å². The van der Waals surface area contributed by atoms with Gasteiger partial charge in [0.25, 0.3) is 0 Å². The van der Waals surface area contributed by atoms with Crippen molar-refractivity contribution in [1.29, 1.82) is 0 Å². The summed E-state index contributed by atoms with van der Waals surface area (Å²) >= 11 is 0. The van der Waals surface area contributed by atoms with Crippen molar-refractivity contribution in [1.82, 2.24) is 4.98 Å². The molecule has 0 saturated heterocycles. The minimum atomic E-state index is -0.458. The lowest BCUT2D eigenvalue weighted by Crippen LogP contribution is -2.17. The number of nitrogens with zero attached hydrogens (tertiary/aromatic N) is 1. The van der Waals surface area contributed by atoms with Crippen molar-refractivity contribution in [3.63, 3.8) is 0 Å². The average Bonchev–Trinajstić information content (AvgIpc) is 1.89. The molecular weight excluding hydrogens is 120 g/mol. The number of rotatable bonds is 1. The summed E-state index contributed by atoms with van der Waals surface area (Å²) in [6.45, 7) is 0. The van der Waals surface area contributed by atoms with Crippen LogP contribution >= 0.6 is 0 Å². The van der Waals surface area contributed by atoms with Crippen LogP contribution in [0.4, 0.5) is 4.39 Å². The Kier molecular flexibility index (Phi) is 1.79. The van der Waals surface area contributed by atoms with Crippen LogP contribution in [0.15, 0.2) is 18.5 Å². The van der Waals surface area contributed by atoms with Gasteiger partial charge in [0.05, 0.1) is 6.20 Å². The van der Waals surface area contributed by atoms with Gasteiger partial charge in [-0.15, -0.1) is 0 Å². The van der Waals surface area contributed by atoms with Crippen molar-refractivity contribution in [2.75, 3.05) is 0 Å². The highest BCUT2D eigenvalue weighted by atomic mass is 19.1. The molecule has 0 amide bonds. The highest BCUT2D eigenvalue weighted by Crippen LogP contribution is 1.85. The predicted molar refractivity (Wildman–Crippen MR) is 33.2 cm³/mol. The number of hydrogen-bond donors (Lipinski definition) is 1. The zero-order valence-electron chi connectivity index (χ0n) is 4.71. The first kappa shape index (κ1) is 6.23. The van der Waals surface area contributed by atoms with E-state index in [-0.39, 0.29) is 12.9 Å². The lowest BCUT2D eigenvalue weighted by atomic mass is 9.90. The molecule has 0 saturated carbocycles. The van der Waals surface area contributed by atoms with E-state index in [0.29, 0.717) is 0 Å². The van der Waals surface area contributed by atoms with E-state index in [0.717, 1.165) is 6.20 Å². The molecule has 0 bridgehead atoms. The Morgan fingerprint density at radius 1 is 1.67 bits per heavy atom. The fourth-order valence-corrected chi connectivity index (χ4v) is 0.532. The average molecular weight is 125 g/mol. The fraction of sp³-hybridized carbons (Fsp3) is 0. The molecule has 9 heavy (non-hydrogen) atoms. The molecule has 0 spiro atoms. The Morgan fingerprint density at radius 3 is 2.89 bits per heavy atom. The van der Waals surface area contributed by atoms with Gasteiger partial charge in [-0.3, -0.25) is 4.98 Å². The molecule has 1 aromatic rings. The van der Waals surface area contributed by atoms with Gasteiger partial charge in [-0.1, -0.05) is 0 Å². The number of aromatic nitrogens is 1. The van der Waals surface area contributed by atoms with Gasteiger partial charge in [0.2, 0.25) is 0 Å². The van der Waals surface area contributed by atoms with Gasteiger partial charge < -0.3 is 5.02 Å². The van der Waals surface area contributed by atoms with E-state index >= 15 is 0 Å². The molecule has 0 aliphatic carbocycles. The zero-order chi connectivity index (χ0) is 6.69. The van der Waals surface area contributed by atoms with Crippen LogP contribution in [0.25, 0.3) is 0 Å². The Bertz CT molecular complexity index is 206. The molecule has 0 atom stereocenters. The normalized spacial score (nSPS) is 9.11. The minimum Gasteiger partial charge on any atom is -0.449 e. The number of pyridine rings is 1. The summed E-state index contributed by atoms with van der Waals surface area (Å²) in [5.41, 5.74) is 0.282. The Hall–Kier alpha value is -0.895. The molecule has 0 aliphatic rings. The fourth-order valence-electron chi connectivity index (χ4n) is 0.532. The molecule has 1 heterocycles. The maximum Gasteiger partial charge on any atom is 0.307 e. The van der Waals surface area contributed by atoms with Crippen molar-refractivity contribution in [3.05, 3.63) is 24.3 Å². The van der Waals surface area contributed by atoms with E-state index in [1.54, 1.807) is 0 Å². The van der Waals surface area contributed by atoms with E-state index in [2.05, 4.69) is 4.98 Å².